The quantitative estimate of drug-likeness (QED) is 0.234. The molecule has 2 aromatic heterocycles. The lowest BCUT2D eigenvalue weighted by Crippen LogP contribution is -2.01. The van der Waals surface area contributed by atoms with E-state index in [1.807, 2.05) is 76.2 Å². The number of nitrogens with zero attached hydrogens (tertiary/aromatic N) is 4. The molecule has 0 fully saturated rings. The summed E-state index contributed by atoms with van der Waals surface area (Å²) in [4.78, 5) is 31.6. The van der Waals surface area contributed by atoms with E-state index in [1.54, 1.807) is 26.0 Å². The molecule has 0 unspecified atom stereocenters. The molecular formula is C34H32N4O4. The van der Waals surface area contributed by atoms with Crippen LogP contribution < -0.4 is 0 Å². The largest absolute Gasteiger partial charge is 0.478 e. The van der Waals surface area contributed by atoms with Gasteiger partial charge in [0.05, 0.1) is 33.2 Å². The SMILES string of the molecule is Cc1cccc(-n2c(C)nc3c(C)c(C(=O)O)ccc32)c1.Cc1cccc(-n2c(C)nc3c(C)c(C(=O)O)ccc32)c1. The summed E-state index contributed by atoms with van der Waals surface area (Å²) in [7, 11) is 0. The molecule has 8 nitrogen and oxygen atoms in total. The fourth-order valence-electron chi connectivity index (χ4n) is 5.44. The molecule has 0 radical (unpaired) electrons. The molecule has 0 saturated heterocycles. The topological polar surface area (TPSA) is 110 Å². The highest BCUT2D eigenvalue weighted by molar-refractivity contribution is 5.97. The van der Waals surface area contributed by atoms with E-state index >= 15 is 0 Å². The Balaban J connectivity index is 0.000000168. The summed E-state index contributed by atoms with van der Waals surface area (Å²) in [6, 6.07) is 23.3. The number of carboxylic acid groups (broad SMARTS) is 2. The second kappa shape index (κ2) is 11.0. The Kier molecular flexibility index (Phi) is 7.39. The number of hydrogen-bond donors (Lipinski definition) is 2. The lowest BCUT2D eigenvalue weighted by molar-refractivity contribution is 0.0685. The zero-order chi connectivity index (χ0) is 30.3. The van der Waals surface area contributed by atoms with Crippen molar-refractivity contribution in [2.24, 2.45) is 0 Å². The van der Waals surface area contributed by atoms with E-state index in [0.29, 0.717) is 22.3 Å². The van der Waals surface area contributed by atoms with Crippen LogP contribution in [0.25, 0.3) is 33.4 Å². The van der Waals surface area contributed by atoms with Gasteiger partial charge in [0.15, 0.2) is 0 Å². The first-order valence-corrected chi connectivity index (χ1v) is 13.6. The number of benzene rings is 4. The lowest BCUT2D eigenvalue weighted by atomic mass is 10.1. The third-order valence-electron chi connectivity index (χ3n) is 7.48. The number of carboxylic acids is 2. The maximum Gasteiger partial charge on any atom is 0.336 e. The Labute approximate surface area is 243 Å². The van der Waals surface area contributed by atoms with Gasteiger partial charge in [-0.2, -0.15) is 0 Å². The Bertz CT molecular complexity index is 1870. The smallest absolute Gasteiger partial charge is 0.336 e. The van der Waals surface area contributed by atoms with Crippen molar-refractivity contribution in [3.63, 3.8) is 0 Å². The maximum atomic E-state index is 11.2. The van der Waals surface area contributed by atoms with E-state index < -0.39 is 11.9 Å². The van der Waals surface area contributed by atoms with Crippen LogP contribution in [0.5, 0.6) is 0 Å². The molecule has 6 aromatic rings. The Hall–Kier alpha value is -5.24. The fourth-order valence-corrected chi connectivity index (χ4v) is 5.44. The minimum atomic E-state index is -0.919. The van der Waals surface area contributed by atoms with Gasteiger partial charge < -0.3 is 10.2 Å². The molecule has 0 saturated carbocycles. The van der Waals surface area contributed by atoms with Gasteiger partial charge in [0.25, 0.3) is 0 Å². The van der Waals surface area contributed by atoms with Crippen LogP contribution in [0.4, 0.5) is 0 Å². The van der Waals surface area contributed by atoms with Gasteiger partial charge in [0, 0.05) is 11.4 Å². The normalized spacial score (nSPS) is 11.0. The molecule has 42 heavy (non-hydrogen) atoms. The monoisotopic (exact) mass is 560 g/mol. The van der Waals surface area contributed by atoms with Gasteiger partial charge in [-0.05, 0) is 112 Å². The fraction of sp³-hybridized carbons (Fsp3) is 0.176. The summed E-state index contributed by atoms with van der Waals surface area (Å²) in [5, 5.41) is 18.4. The third-order valence-corrected chi connectivity index (χ3v) is 7.48. The van der Waals surface area contributed by atoms with Crippen molar-refractivity contribution in [2.45, 2.75) is 41.5 Å². The van der Waals surface area contributed by atoms with Crippen molar-refractivity contribution < 1.29 is 19.8 Å². The average molecular weight is 561 g/mol. The first kappa shape index (κ1) is 28.3. The summed E-state index contributed by atoms with van der Waals surface area (Å²) in [6.07, 6.45) is 0. The predicted molar refractivity (Wildman–Crippen MR) is 164 cm³/mol. The predicted octanol–water partition coefficient (Wildman–Crippen LogP) is 7.30. The van der Waals surface area contributed by atoms with Crippen molar-refractivity contribution in [1.29, 1.82) is 0 Å². The number of aromatic carboxylic acids is 2. The highest BCUT2D eigenvalue weighted by atomic mass is 16.4. The second-order valence-corrected chi connectivity index (χ2v) is 10.5. The molecule has 212 valence electrons. The molecule has 2 N–H and O–H groups in total. The Morgan fingerprint density at radius 2 is 0.952 bits per heavy atom. The van der Waals surface area contributed by atoms with Gasteiger partial charge >= 0.3 is 11.9 Å². The molecule has 6 rings (SSSR count). The highest BCUT2D eigenvalue weighted by Gasteiger charge is 2.17. The molecule has 2 heterocycles. The number of rotatable bonds is 4. The van der Waals surface area contributed by atoms with Crippen LogP contribution in [0.1, 0.15) is 54.6 Å². The summed E-state index contributed by atoms with van der Waals surface area (Å²) >= 11 is 0. The van der Waals surface area contributed by atoms with Crippen LogP contribution in [0, 0.1) is 41.5 Å². The van der Waals surface area contributed by atoms with Crippen molar-refractivity contribution in [1.82, 2.24) is 19.1 Å². The van der Waals surface area contributed by atoms with Crippen molar-refractivity contribution in [3.8, 4) is 11.4 Å². The molecule has 0 bridgehead atoms. The lowest BCUT2D eigenvalue weighted by Gasteiger charge is -2.08. The number of aryl methyl sites for hydroxylation is 6. The van der Waals surface area contributed by atoms with Gasteiger partial charge in [-0.25, -0.2) is 19.6 Å². The third kappa shape index (κ3) is 5.03. The molecule has 0 aliphatic heterocycles. The van der Waals surface area contributed by atoms with E-state index in [-0.39, 0.29) is 0 Å². The van der Waals surface area contributed by atoms with Crippen LogP contribution in [-0.2, 0) is 0 Å². The average Bonchev–Trinajstić information content (AvgIpc) is 3.45. The summed E-state index contributed by atoms with van der Waals surface area (Å²) in [5.74, 6) is -0.142. The molecular weight excluding hydrogens is 528 g/mol. The van der Waals surface area contributed by atoms with Gasteiger partial charge in [0.2, 0.25) is 0 Å². The van der Waals surface area contributed by atoms with Crippen LogP contribution >= 0.6 is 0 Å². The van der Waals surface area contributed by atoms with E-state index in [4.69, 9.17) is 0 Å². The van der Waals surface area contributed by atoms with Gasteiger partial charge in [0.1, 0.15) is 11.6 Å². The minimum Gasteiger partial charge on any atom is -0.478 e. The van der Waals surface area contributed by atoms with Gasteiger partial charge in [-0.15, -0.1) is 0 Å². The van der Waals surface area contributed by atoms with E-state index in [1.165, 1.54) is 11.1 Å². The van der Waals surface area contributed by atoms with E-state index in [0.717, 1.165) is 45.1 Å². The van der Waals surface area contributed by atoms with Gasteiger partial charge in [-0.1, -0.05) is 24.3 Å². The first-order valence-electron chi connectivity index (χ1n) is 13.6. The molecule has 4 aromatic carbocycles. The summed E-state index contributed by atoms with van der Waals surface area (Å²) < 4.78 is 4.11. The summed E-state index contributed by atoms with van der Waals surface area (Å²) in [6.45, 7) is 11.6. The summed E-state index contributed by atoms with van der Waals surface area (Å²) in [5.41, 5.74) is 9.79. The second-order valence-electron chi connectivity index (χ2n) is 10.5. The van der Waals surface area contributed by atoms with Crippen molar-refractivity contribution in [2.75, 3.05) is 0 Å². The van der Waals surface area contributed by atoms with Crippen LogP contribution in [0.2, 0.25) is 0 Å². The zero-order valence-electron chi connectivity index (χ0n) is 24.4. The van der Waals surface area contributed by atoms with Crippen molar-refractivity contribution in [3.05, 3.63) is 118 Å². The number of fused-ring (bicyclic) bond motifs is 2. The zero-order valence-corrected chi connectivity index (χ0v) is 24.4. The number of hydrogen-bond acceptors (Lipinski definition) is 4. The molecule has 0 aliphatic carbocycles. The minimum absolute atomic E-state index is 0.302. The number of carbonyl (C=O) groups is 2. The standard InChI is InChI=1S/2C17H16N2O2/c2*1-10-5-4-6-13(9-10)19-12(3)18-16-11(2)14(17(20)21)7-8-15(16)19/h2*4-9H,1-3H3,(H,20,21). The Morgan fingerprint density at radius 1 is 0.571 bits per heavy atom. The molecule has 0 aliphatic rings. The molecule has 0 atom stereocenters. The molecule has 8 heteroatoms. The van der Waals surface area contributed by atoms with E-state index in [9.17, 15) is 19.8 Å². The van der Waals surface area contributed by atoms with E-state index in [2.05, 4.69) is 31.2 Å². The van der Waals surface area contributed by atoms with Crippen LogP contribution in [0.3, 0.4) is 0 Å². The van der Waals surface area contributed by atoms with Crippen LogP contribution in [-0.4, -0.2) is 41.3 Å². The van der Waals surface area contributed by atoms with Gasteiger partial charge in [-0.3, -0.25) is 9.13 Å². The molecule has 0 amide bonds. The Morgan fingerprint density at radius 3 is 1.29 bits per heavy atom. The maximum absolute atomic E-state index is 11.2. The highest BCUT2D eigenvalue weighted by Crippen LogP contribution is 2.27. The first-order chi connectivity index (χ1) is 20.0. The van der Waals surface area contributed by atoms with Crippen molar-refractivity contribution >= 4 is 34.0 Å². The molecule has 0 spiro atoms. The number of aromatic nitrogens is 4. The number of imidazole rings is 2. The van der Waals surface area contributed by atoms with Crippen LogP contribution in [0.15, 0.2) is 72.8 Å².